The van der Waals surface area contributed by atoms with Crippen molar-refractivity contribution < 1.29 is 9.32 Å². The quantitative estimate of drug-likeness (QED) is 0.429. The molecule has 4 aromatic rings. The first-order valence-corrected chi connectivity index (χ1v) is 12.0. The molecule has 0 unspecified atom stereocenters. The van der Waals surface area contributed by atoms with Crippen molar-refractivity contribution in [2.24, 2.45) is 0 Å². The van der Waals surface area contributed by atoms with E-state index < -0.39 is 0 Å². The molecule has 3 heterocycles. The van der Waals surface area contributed by atoms with E-state index in [4.69, 9.17) is 4.52 Å². The summed E-state index contributed by atoms with van der Waals surface area (Å²) in [7, 11) is 0. The highest BCUT2D eigenvalue weighted by Gasteiger charge is 2.27. The Bertz CT molecular complexity index is 1450. The van der Waals surface area contributed by atoms with Gasteiger partial charge in [0.05, 0.1) is 5.69 Å². The molecular weight excluding hydrogens is 456 g/mol. The Morgan fingerprint density at radius 2 is 1.64 bits per heavy atom. The van der Waals surface area contributed by atoms with Gasteiger partial charge < -0.3 is 14.3 Å². The lowest BCUT2D eigenvalue weighted by Crippen LogP contribution is -2.49. The summed E-state index contributed by atoms with van der Waals surface area (Å²) in [5, 5.41) is 8.37. The van der Waals surface area contributed by atoms with Crippen molar-refractivity contribution in [3.05, 3.63) is 93.4 Å². The molecular formula is C27H28N6O3. The zero-order valence-electron chi connectivity index (χ0n) is 20.6. The Hall–Kier alpha value is -4.27. The number of aromatic nitrogens is 4. The molecule has 0 saturated carbocycles. The van der Waals surface area contributed by atoms with E-state index in [1.54, 1.807) is 11.0 Å². The highest BCUT2D eigenvalue weighted by molar-refractivity contribution is 5.89. The van der Waals surface area contributed by atoms with Crippen molar-refractivity contribution >= 4 is 11.6 Å². The van der Waals surface area contributed by atoms with Crippen LogP contribution in [-0.4, -0.2) is 56.9 Å². The van der Waals surface area contributed by atoms with E-state index in [1.807, 2.05) is 31.2 Å². The number of hydrogen-bond donors (Lipinski definition) is 0. The van der Waals surface area contributed by atoms with Crippen LogP contribution in [0.15, 0.2) is 63.9 Å². The number of benzene rings is 2. The molecule has 1 aliphatic rings. The lowest BCUT2D eigenvalue weighted by atomic mass is 10.1. The van der Waals surface area contributed by atoms with Gasteiger partial charge >= 0.3 is 11.8 Å². The standard InChI is InChI=1S/C27H28N6O3/c1-18-5-8-21(9-6-18)22-10-11-25(34)33(29-22)17-24-28-26(36-30-24)27(35)32-14-12-31(13-15-32)23-16-19(2)4-7-20(23)3/h4-11,16H,12-15,17H2,1-3H3. The zero-order chi connectivity index (χ0) is 25.2. The van der Waals surface area contributed by atoms with Crippen LogP contribution in [0.25, 0.3) is 11.3 Å². The first-order valence-electron chi connectivity index (χ1n) is 12.0. The molecule has 2 aromatic carbocycles. The van der Waals surface area contributed by atoms with Gasteiger partial charge in [0.2, 0.25) is 0 Å². The minimum absolute atomic E-state index is 0.00965. The molecule has 0 spiro atoms. The lowest BCUT2D eigenvalue weighted by molar-refractivity contribution is 0.0696. The topological polar surface area (TPSA) is 97.4 Å². The van der Waals surface area contributed by atoms with Crippen molar-refractivity contribution in [3.63, 3.8) is 0 Å². The second-order valence-corrected chi connectivity index (χ2v) is 9.17. The van der Waals surface area contributed by atoms with E-state index in [0.717, 1.165) is 24.2 Å². The molecule has 184 valence electrons. The van der Waals surface area contributed by atoms with Crippen LogP contribution in [0.5, 0.6) is 0 Å². The number of anilines is 1. The van der Waals surface area contributed by atoms with Gasteiger partial charge in [0.15, 0.2) is 5.82 Å². The molecule has 2 aromatic heterocycles. The van der Waals surface area contributed by atoms with E-state index in [2.05, 4.69) is 52.2 Å². The summed E-state index contributed by atoms with van der Waals surface area (Å²) in [6.07, 6.45) is 0. The Balaban J connectivity index is 1.25. The average molecular weight is 485 g/mol. The summed E-state index contributed by atoms with van der Waals surface area (Å²) in [4.78, 5) is 33.6. The summed E-state index contributed by atoms with van der Waals surface area (Å²) in [5.41, 5.74) is 6.05. The Labute approximate surface area is 209 Å². The third-order valence-electron chi connectivity index (χ3n) is 6.43. The van der Waals surface area contributed by atoms with Crippen LogP contribution in [0.4, 0.5) is 5.69 Å². The fourth-order valence-electron chi connectivity index (χ4n) is 4.33. The predicted octanol–water partition coefficient (Wildman–Crippen LogP) is 3.23. The van der Waals surface area contributed by atoms with Crippen LogP contribution < -0.4 is 10.5 Å². The maximum atomic E-state index is 13.0. The monoisotopic (exact) mass is 484 g/mol. The van der Waals surface area contributed by atoms with Crippen molar-refractivity contribution in [3.8, 4) is 11.3 Å². The summed E-state index contributed by atoms with van der Waals surface area (Å²) in [6.45, 7) is 8.77. The van der Waals surface area contributed by atoms with Crippen LogP contribution in [0.3, 0.4) is 0 Å². The highest BCUT2D eigenvalue weighted by atomic mass is 16.5. The van der Waals surface area contributed by atoms with Crippen LogP contribution >= 0.6 is 0 Å². The summed E-state index contributed by atoms with van der Waals surface area (Å²) in [5.74, 6) is -0.154. The maximum absolute atomic E-state index is 13.0. The summed E-state index contributed by atoms with van der Waals surface area (Å²) < 4.78 is 6.53. The van der Waals surface area contributed by atoms with Gasteiger partial charge in [-0.25, -0.2) is 4.68 Å². The molecule has 5 rings (SSSR count). The lowest BCUT2D eigenvalue weighted by Gasteiger charge is -2.36. The number of carbonyl (C=O) groups excluding carboxylic acids is 1. The molecule has 1 aliphatic heterocycles. The smallest absolute Gasteiger partial charge is 0.316 e. The molecule has 1 fully saturated rings. The van der Waals surface area contributed by atoms with Crippen LogP contribution in [0.2, 0.25) is 0 Å². The van der Waals surface area contributed by atoms with Crippen molar-refractivity contribution in [1.82, 2.24) is 24.8 Å². The summed E-state index contributed by atoms with van der Waals surface area (Å²) >= 11 is 0. The van der Waals surface area contributed by atoms with Gasteiger partial charge in [-0.15, -0.1) is 0 Å². The molecule has 0 aliphatic carbocycles. The van der Waals surface area contributed by atoms with Crippen molar-refractivity contribution in [1.29, 1.82) is 0 Å². The van der Waals surface area contributed by atoms with Gasteiger partial charge in [-0.1, -0.05) is 47.1 Å². The van der Waals surface area contributed by atoms with Crippen LogP contribution in [0.1, 0.15) is 33.2 Å². The molecule has 0 radical (unpaired) electrons. The van der Waals surface area contributed by atoms with Gasteiger partial charge in [0.1, 0.15) is 6.54 Å². The number of amides is 1. The maximum Gasteiger partial charge on any atom is 0.316 e. The first-order chi connectivity index (χ1) is 17.4. The van der Waals surface area contributed by atoms with Gasteiger partial charge in [0.25, 0.3) is 5.56 Å². The largest absolute Gasteiger partial charge is 0.368 e. The van der Waals surface area contributed by atoms with Gasteiger partial charge in [-0.05, 0) is 44.0 Å². The van der Waals surface area contributed by atoms with E-state index in [1.165, 1.54) is 27.6 Å². The number of rotatable bonds is 5. The minimum atomic E-state index is -0.303. The minimum Gasteiger partial charge on any atom is -0.368 e. The second-order valence-electron chi connectivity index (χ2n) is 9.17. The number of aryl methyl sites for hydroxylation is 3. The van der Waals surface area contributed by atoms with Crippen LogP contribution in [-0.2, 0) is 6.54 Å². The predicted molar refractivity (Wildman–Crippen MR) is 136 cm³/mol. The van der Waals surface area contributed by atoms with E-state index in [-0.39, 0.29) is 29.7 Å². The molecule has 0 atom stereocenters. The Kier molecular flexibility index (Phi) is 6.37. The number of carbonyl (C=O) groups is 1. The normalized spacial score (nSPS) is 13.8. The number of hydrogen-bond acceptors (Lipinski definition) is 7. The molecule has 9 heteroatoms. The fraction of sp³-hybridized carbons (Fsp3) is 0.296. The molecule has 0 bridgehead atoms. The van der Waals surface area contributed by atoms with Crippen LogP contribution in [0, 0.1) is 20.8 Å². The fourth-order valence-corrected chi connectivity index (χ4v) is 4.33. The van der Waals surface area contributed by atoms with Gasteiger partial charge in [0, 0.05) is 43.5 Å². The van der Waals surface area contributed by atoms with Crippen molar-refractivity contribution in [2.75, 3.05) is 31.1 Å². The Morgan fingerprint density at radius 3 is 2.39 bits per heavy atom. The number of nitrogens with zero attached hydrogens (tertiary/aromatic N) is 6. The zero-order valence-corrected chi connectivity index (χ0v) is 20.6. The first kappa shape index (κ1) is 23.5. The van der Waals surface area contributed by atoms with Gasteiger partial charge in [-0.2, -0.15) is 10.1 Å². The van der Waals surface area contributed by atoms with E-state index in [0.29, 0.717) is 18.8 Å². The highest BCUT2D eigenvalue weighted by Crippen LogP contribution is 2.23. The van der Waals surface area contributed by atoms with E-state index in [9.17, 15) is 9.59 Å². The third kappa shape index (κ3) is 4.91. The third-order valence-corrected chi connectivity index (χ3v) is 6.43. The second kappa shape index (κ2) is 9.77. The molecule has 1 amide bonds. The molecule has 1 saturated heterocycles. The molecule has 36 heavy (non-hydrogen) atoms. The summed E-state index contributed by atoms with van der Waals surface area (Å²) in [6, 6.07) is 17.5. The van der Waals surface area contributed by atoms with Gasteiger partial charge in [-0.3, -0.25) is 9.59 Å². The molecule has 9 nitrogen and oxygen atoms in total. The Morgan fingerprint density at radius 1 is 0.917 bits per heavy atom. The van der Waals surface area contributed by atoms with E-state index >= 15 is 0 Å². The average Bonchev–Trinajstić information content (AvgIpc) is 3.35. The molecule has 0 N–H and O–H groups in total. The number of piperazine rings is 1. The SMILES string of the molecule is Cc1ccc(-c2ccc(=O)n(Cc3noc(C(=O)N4CCN(c5cc(C)ccc5C)CC4)n3)n2)cc1. The van der Waals surface area contributed by atoms with Crippen molar-refractivity contribution in [2.45, 2.75) is 27.3 Å².